The quantitative estimate of drug-likeness (QED) is 0.715. The van der Waals surface area contributed by atoms with Crippen molar-refractivity contribution >= 4 is 13.3 Å². The van der Waals surface area contributed by atoms with E-state index >= 15 is 0 Å². The largest absolute Gasteiger partial charge is 0.548 e. The van der Waals surface area contributed by atoms with Crippen molar-refractivity contribution in [1.29, 1.82) is 0 Å². The molecule has 2 nitrogen and oxygen atoms in total. The fourth-order valence-electron chi connectivity index (χ4n) is 1.16. The Balaban J connectivity index is 2.83. The lowest BCUT2D eigenvalue weighted by atomic mass is 10.2. The molecular formula is C11H16O2P+. The minimum atomic E-state index is -1.67. The molecule has 1 unspecified atom stereocenters. The van der Waals surface area contributed by atoms with Crippen molar-refractivity contribution in [1.82, 2.24) is 0 Å². The van der Waals surface area contributed by atoms with Crippen molar-refractivity contribution in [2.45, 2.75) is 27.2 Å². The van der Waals surface area contributed by atoms with Crippen LogP contribution in [-0.4, -0.2) is 6.61 Å². The van der Waals surface area contributed by atoms with Crippen molar-refractivity contribution < 1.29 is 9.09 Å². The van der Waals surface area contributed by atoms with E-state index in [1.54, 1.807) is 0 Å². The smallest absolute Gasteiger partial charge is 0.142 e. The van der Waals surface area contributed by atoms with Gasteiger partial charge < -0.3 is 0 Å². The molecule has 0 fully saturated rings. The van der Waals surface area contributed by atoms with Crippen LogP contribution in [0.15, 0.2) is 18.2 Å². The first-order valence-electron chi connectivity index (χ1n) is 4.82. The van der Waals surface area contributed by atoms with E-state index in [-0.39, 0.29) is 0 Å². The number of hydrogen-bond donors (Lipinski definition) is 0. The molecule has 1 atom stereocenters. The van der Waals surface area contributed by atoms with Crippen LogP contribution in [0.4, 0.5) is 0 Å². The summed E-state index contributed by atoms with van der Waals surface area (Å²) in [5.41, 5.74) is 2.15. The second kappa shape index (κ2) is 5.23. The second-order valence-electron chi connectivity index (χ2n) is 3.38. The maximum Gasteiger partial charge on any atom is 0.548 e. The maximum atomic E-state index is 11.7. The van der Waals surface area contributed by atoms with Crippen LogP contribution in [0.1, 0.15) is 24.5 Å². The van der Waals surface area contributed by atoms with Gasteiger partial charge in [0.25, 0.3) is 0 Å². The Morgan fingerprint density at radius 1 is 1.36 bits per heavy atom. The Kier molecular flexibility index (Phi) is 4.24. The topological polar surface area (TPSA) is 26.3 Å². The lowest BCUT2D eigenvalue weighted by Crippen LogP contribution is -2.04. The number of rotatable bonds is 4. The standard InChI is InChI=1S/C11H16O2P/c1-4-7-13-14(12)11-8-9(2)5-6-10(11)3/h5-6,8H,4,7H2,1-3H3/q+1. The zero-order valence-electron chi connectivity index (χ0n) is 8.91. The van der Waals surface area contributed by atoms with E-state index in [0.29, 0.717) is 6.61 Å². The predicted octanol–water partition coefficient (Wildman–Crippen LogP) is 3.10. The highest BCUT2D eigenvalue weighted by Crippen LogP contribution is 2.24. The summed E-state index contributed by atoms with van der Waals surface area (Å²) >= 11 is 0. The van der Waals surface area contributed by atoms with Crippen LogP contribution in [0, 0.1) is 13.8 Å². The summed E-state index contributed by atoms with van der Waals surface area (Å²) in [6.45, 7) is 6.51. The molecule has 0 aliphatic heterocycles. The molecule has 76 valence electrons. The lowest BCUT2D eigenvalue weighted by molar-refractivity contribution is 0.335. The van der Waals surface area contributed by atoms with Gasteiger partial charge in [0.05, 0.1) is 0 Å². The van der Waals surface area contributed by atoms with Gasteiger partial charge in [-0.1, -0.05) is 19.1 Å². The number of hydrogen-bond acceptors (Lipinski definition) is 2. The maximum absolute atomic E-state index is 11.7. The molecule has 0 radical (unpaired) electrons. The number of aryl methyl sites for hydroxylation is 2. The fourth-order valence-corrected chi connectivity index (χ4v) is 2.32. The molecule has 0 saturated carbocycles. The van der Waals surface area contributed by atoms with Crippen molar-refractivity contribution in [3.05, 3.63) is 29.3 Å². The van der Waals surface area contributed by atoms with Gasteiger partial charge in [-0.2, -0.15) is 0 Å². The van der Waals surface area contributed by atoms with Gasteiger partial charge >= 0.3 is 8.03 Å². The molecule has 0 aliphatic rings. The molecular weight excluding hydrogens is 195 g/mol. The monoisotopic (exact) mass is 211 g/mol. The zero-order valence-corrected chi connectivity index (χ0v) is 9.80. The van der Waals surface area contributed by atoms with Crippen molar-refractivity contribution in [2.75, 3.05) is 6.61 Å². The van der Waals surface area contributed by atoms with E-state index in [4.69, 9.17) is 4.52 Å². The first-order valence-corrected chi connectivity index (χ1v) is 6.00. The van der Waals surface area contributed by atoms with Crippen LogP contribution in [0.2, 0.25) is 0 Å². The predicted molar refractivity (Wildman–Crippen MR) is 59.4 cm³/mol. The third kappa shape index (κ3) is 2.90. The molecule has 1 rings (SSSR count). The van der Waals surface area contributed by atoms with Gasteiger partial charge in [0.2, 0.25) is 5.30 Å². The molecule has 3 heteroatoms. The van der Waals surface area contributed by atoms with E-state index in [0.717, 1.165) is 22.9 Å². The van der Waals surface area contributed by atoms with Crippen LogP contribution in [0.25, 0.3) is 0 Å². The summed E-state index contributed by atoms with van der Waals surface area (Å²) in [5, 5.41) is 0.827. The van der Waals surface area contributed by atoms with Gasteiger partial charge in [-0.25, -0.2) is 0 Å². The van der Waals surface area contributed by atoms with Crippen LogP contribution in [0.5, 0.6) is 0 Å². The van der Waals surface area contributed by atoms with Crippen LogP contribution in [-0.2, 0) is 9.09 Å². The summed E-state index contributed by atoms with van der Waals surface area (Å²) < 4.78 is 16.9. The Hall–Kier alpha value is -0.720. The third-order valence-corrected chi connectivity index (χ3v) is 3.27. The SMILES string of the molecule is CCCO[P+](=O)c1cc(C)ccc1C. The molecule has 1 aromatic rings. The first-order chi connectivity index (χ1) is 6.65. The minimum Gasteiger partial charge on any atom is -0.142 e. The van der Waals surface area contributed by atoms with Crippen LogP contribution >= 0.6 is 8.03 Å². The number of benzene rings is 1. The van der Waals surface area contributed by atoms with Gasteiger partial charge in [-0.15, -0.1) is 4.52 Å². The molecule has 1 aromatic carbocycles. The first kappa shape index (κ1) is 11.4. The van der Waals surface area contributed by atoms with E-state index in [1.807, 2.05) is 39.0 Å². The Labute approximate surface area is 86.2 Å². The van der Waals surface area contributed by atoms with E-state index in [2.05, 4.69) is 0 Å². The Morgan fingerprint density at radius 3 is 2.71 bits per heavy atom. The Morgan fingerprint density at radius 2 is 2.07 bits per heavy atom. The third-order valence-electron chi connectivity index (χ3n) is 1.97. The summed E-state index contributed by atoms with van der Waals surface area (Å²) in [6, 6.07) is 5.93. The van der Waals surface area contributed by atoms with Gasteiger partial charge in [0.1, 0.15) is 6.61 Å². The van der Waals surface area contributed by atoms with E-state index < -0.39 is 8.03 Å². The molecule has 0 heterocycles. The fraction of sp³-hybridized carbons (Fsp3) is 0.455. The average Bonchev–Trinajstić information content (AvgIpc) is 2.18. The van der Waals surface area contributed by atoms with Gasteiger partial charge in [0, 0.05) is 5.56 Å². The highest BCUT2D eigenvalue weighted by Gasteiger charge is 2.24. The second-order valence-corrected chi connectivity index (χ2v) is 4.63. The molecule has 14 heavy (non-hydrogen) atoms. The lowest BCUT2D eigenvalue weighted by Gasteiger charge is -1.95. The molecule has 0 aliphatic carbocycles. The highest BCUT2D eigenvalue weighted by molar-refractivity contribution is 7.48. The van der Waals surface area contributed by atoms with Gasteiger partial charge in [-0.05, 0) is 36.5 Å². The Bertz CT molecular complexity index is 334. The summed E-state index contributed by atoms with van der Waals surface area (Å²) in [6.07, 6.45) is 0.895. The van der Waals surface area contributed by atoms with E-state index in [1.165, 1.54) is 0 Å². The van der Waals surface area contributed by atoms with Crippen LogP contribution < -0.4 is 5.30 Å². The van der Waals surface area contributed by atoms with Crippen molar-refractivity contribution in [2.24, 2.45) is 0 Å². The minimum absolute atomic E-state index is 0.558. The normalized spacial score (nSPS) is 11.5. The molecule has 0 spiro atoms. The van der Waals surface area contributed by atoms with Crippen molar-refractivity contribution in [3.8, 4) is 0 Å². The summed E-state index contributed by atoms with van der Waals surface area (Å²) in [4.78, 5) is 0. The van der Waals surface area contributed by atoms with Gasteiger partial charge in [-0.3, -0.25) is 0 Å². The zero-order chi connectivity index (χ0) is 10.6. The highest BCUT2D eigenvalue weighted by atomic mass is 31.1. The molecule has 0 bridgehead atoms. The molecule has 0 N–H and O–H groups in total. The van der Waals surface area contributed by atoms with Crippen molar-refractivity contribution in [3.63, 3.8) is 0 Å². The summed E-state index contributed by atoms with van der Waals surface area (Å²) in [7, 11) is -1.67. The molecule has 0 amide bonds. The molecule has 0 saturated heterocycles. The molecule has 0 aromatic heterocycles. The average molecular weight is 211 g/mol. The van der Waals surface area contributed by atoms with Gasteiger partial charge in [0.15, 0.2) is 0 Å². The van der Waals surface area contributed by atoms with E-state index in [9.17, 15) is 4.57 Å². The summed E-state index contributed by atoms with van der Waals surface area (Å²) in [5.74, 6) is 0. The van der Waals surface area contributed by atoms with Crippen LogP contribution in [0.3, 0.4) is 0 Å².